The maximum atomic E-state index is 13.7. The number of fused-ring (bicyclic) bond motifs is 1. The SMILES string of the molecule is Cc1nc(C(=O)N2C3CC3CC[C@H]2CNc2nccc(C(F)(F)F)n2)c(-c2ccccc2)s1. The summed E-state index contributed by atoms with van der Waals surface area (Å²) in [7, 11) is 0. The Morgan fingerprint density at radius 3 is 2.73 bits per heavy atom. The summed E-state index contributed by atoms with van der Waals surface area (Å²) in [5, 5.41) is 3.73. The molecule has 1 aromatic carbocycles. The van der Waals surface area contributed by atoms with Gasteiger partial charge < -0.3 is 10.2 Å². The molecule has 1 aliphatic carbocycles. The second-order valence-electron chi connectivity index (χ2n) is 8.43. The van der Waals surface area contributed by atoms with Gasteiger partial charge in [0.2, 0.25) is 5.95 Å². The molecule has 2 fully saturated rings. The fraction of sp³-hybridized carbons (Fsp3) is 0.391. The lowest BCUT2D eigenvalue weighted by Gasteiger charge is -2.35. The number of halogens is 3. The smallest absolute Gasteiger partial charge is 0.352 e. The number of alkyl halides is 3. The molecule has 1 amide bonds. The van der Waals surface area contributed by atoms with E-state index in [4.69, 9.17) is 0 Å². The number of amides is 1. The lowest BCUT2D eigenvalue weighted by atomic mass is 10.0. The Balaban J connectivity index is 1.38. The van der Waals surface area contributed by atoms with Gasteiger partial charge in [-0.15, -0.1) is 11.3 Å². The van der Waals surface area contributed by atoms with Crippen LogP contribution in [0.2, 0.25) is 0 Å². The Morgan fingerprint density at radius 1 is 1.18 bits per heavy atom. The summed E-state index contributed by atoms with van der Waals surface area (Å²) in [6.45, 7) is 2.16. The molecule has 172 valence electrons. The molecule has 3 aromatic rings. The predicted molar refractivity (Wildman–Crippen MR) is 119 cm³/mol. The summed E-state index contributed by atoms with van der Waals surface area (Å²) in [6.07, 6.45) is -0.743. The van der Waals surface area contributed by atoms with Gasteiger partial charge in [-0.1, -0.05) is 30.3 Å². The van der Waals surface area contributed by atoms with E-state index in [0.29, 0.717) is 11.6 Å². The topological polar surface area (TPSA) is 71.0 Å². The second-order valence-corrected chi connectivity index (χ2v) is 9.63. The molecule has 1 N–H and O–H groups in total. The standard InChI is InChI=1S/C23H22F3N5OS/c1-13-29-19(20(33-13)14-5-3-2-4-6-14)21(32)31-16(8-7-15-11-17(15)31)12-28-22-27-10-9-18(30-22)23(24,25)26/h2-6,9-10,15-17H,7-8,11-12H2,1H3,(H,27,28,30)/t15?,16-,17?/m0/s1. The number of carbonyl (C=O) groups excluding carboxylic acids is 1. The third-order valence-corrected chi connectivity index (χ3v) is 7.18. The van der Waals surface area contributed by atoms with Crippen LogP contribution in [0.25, 0.3) is 10.4 Å². The zero-order valence-corrected chi connectivity index (χ0v) is 18.7. The average molecular weight is 474 g/mol. The first-order valence-electron chi connectivity index (χ1n) is 10.8. The summed E-state index contributed by atoms with van der Waals surface area (Å²) in [5.41, 5.74) is 0.392. The van der Waals surface area contributed by atoms with E-state index in [1.165, 1.54) is 11.3 Å². The van der Waals surface area contributed by atoms with E-state index in [9.17, 15) is 18.0 Å². The Bertz CT molecular complexity index is 1170. The van der Waals surface area contributed by atoms with Gasteiger partial charge in [0, 0.05) is 24.8 Å². The van der Waals surface area contributed by atoms with Crippen LogP contribution < -0.4 is 5.32 Å². The molecule has 0 spiro atoms. The molecule has 1 saturated heterocycles. The maximum Gasteiger partial charge on any atom is 0.433 e. The van der Waals surface area contributed by atoms with Crippen molar-refractivity contribution < 1.29 is 18.0 Å². The van der Waals surface area contributed by atoms with Crippen LogP contribution in [0.5, 0.6) is 0 Å². The van der Waals surface area contributed by atoms with Crippen LogP contribution in [0.1, 0.15) is 40.5 Å². The molecule has 1 saturated carbocycles. The number of hydrogen-bond acceptors (Lipinski definition) is 6. The minimum absolute atomic E-state index is 0.0929. The van der Waals surface area contributed by atoms with Crippen LogP contribution in [0.3, 0.4) is 0 Å². The summed E-state index contributed by atoms with van der Waals surface area (Å²) in [4.78, 5) is 28.5. The molecule has 5 rings (SSSR count). The summed E-state index contributed by atoms with van der Waals surface area (Å²) in [6, 6.07) is 10.5. The molecule has 0 bridgehead atoms. The minimum atomic E-state index is -4.54. The van der Waals surface area contributed by atoms with Crippen molar-refractivity contribution in [2.75, 3.05) is 11.9 Å². The van der Waals surface area contributed by atoms with Crippen LogP contribution >= 0.6 is 11.3 Å². The van der Waals surface area contributed by atoms with E-state index in [0.717, 1.165) is 47.0 Å². The number of carbonyl (C=O) groups is 1. The lowest BCUT2D eigenvalue weighted by Crippen LogP contribution is -2.48. The number of nitrogens with one attached hydrogen (secondary N) is 1. The molecule has 3 atom stereocenters. The Morgan fingerprint density at radius 2 is 1.97 bits per heavy atom. The van der Waals surface area contributed by atoms with Crippen molar-refractivity contribution in [2.45, 2.75) is 44.4 Å². The molecule has 2 aromatic heterocycles. The Labute approximate surface area is 192 Å². The highest BCUT2D eigenvalue weighted by Crippen LogP contribution is 2.46. The van der Waals surface area contributed by atoms with Crippen molar-refractivity contribution >= 4 is 23.2 Å². The molecule has 2 unspecified atom stereocenters. The van der Waals surface area contributed by atoms with Crippen molar-refractivity contribution in [1.29, 1.82) is 0 Å². The number of nitrogens with zero attached hydrogens (tertiary/aromatic N) is 4. The van der Waals surface area contributed by atoms with Crippen molar-refractivity contribution in [3.8, 4) is 10.4 Å². The first-order chi connectivity index (χ1) is 15.8. The van der Waals surface area contributed by atoms with Crippen LogP contribution in [0.4, 0.5) is 19.1 Å². The van der Waals surface area contributed by atoms with Crippen molar-refractivity contribution in [1.82, 2.24) is 19.9 Å². The molecule has 6 nitrogen and oxygen atoms in total. The third kappa shape index (κ3) is 4.44. The van der Waals surface area contributed by atoms with E-state index < -0.39 is 11.9 Å². The van der Waals surface area contributed by atoms with Crippen LogP contribution in [0, 0.1) is 12.8 Å². The third-order valence-electron chi connectivity index (χ3n) is 6.16. The van der Waals surface area contributed by atoms with Gasteiger partial charge in [0.15, 0.2) is 0 Å². The van der Waals surface area contributed by atoms with Crippen molar-refractivity contribution in [3.63, 3.8) is 0 Å². The highest BCUT2D eigenvalue weighted by Gasteiger charge is 2.50. The monoisotopic (exact) mass is 473 g/mol. The molecule has 1 aliphatic heterocycles. The predicted octanol–water partition coefficient (Wildman–Crippen LogP) is 5.03. The van der Waals surface area contributed by atoms with Crippen molar-refractivity contribution in [3.05, 3.63) is 59.0 Å². The number of thiazole rings is 1. The Hall–Kier alpha value is -3.01. The lowest BCUT2D eigenvalue weighted by molar-refractivity contribution is -0.141. The fourth-order valence-corrected chi connectivity index (χ4v) is 5.42. The van der Waals surface area contributed by atoms with Crippen molar-refractivity contribution in [2.24, 2.45) is 5.92 Å². The maximum absolute atomic E-state index is 13.7. The summed E-state index contributed by atoms with van der Waals surface area (Å²) in [5.74, 6) is 0.265. The fourth-order valence-electron chi connectivity index (χ4n) is 4.51. The first kappa shape index (κ1) is 21.8. The highest BCUT2D eigenvalue weighted by molar-refractivity contribution is 7.15. The molecule has 0 radical (unpaired) electrons. The Kier molecular flexibility index (Phi) is 5.55. The minimum Gasteiger partial charge on any atom is -0.352 e. The van der Waals surface area contributed by atoms with Gasteiger partial charge in [-0.3, -0.25) is 4.79 Å². The molecule has 33 heavy (non-hydrogen) atoms. The van der Waals surface area contributed by atoms with E-state index >= 15 is 0 Å². The number of rotatable bonds is 5. The van der Waals surface area contributed by atoms with E-state index in [-0.39, 0.29) is 30.5 Å². The largest absolute Gasteiger partial charge is 0.433 e. The van der Waals surface area contributed by atoms with Crippen LogP contribution in [-0.2, 0) is 6.18 Å². The van der Waals surface area contributed by atoms with E-state index in [1.807, 2.05) is 42.2 Å². The van der Waals surface area contributed by atoms with Gasteiger partial charge in [-0.2, -0.15) is 13.2 Å². The van der Waals surface area contributed by atoms with Gasteiger partial charge in [-0.05, 0) is 43.7 Å². The number of hydrogen-bond donors (Lipinski definition) is 1. The van der Waals surface area contributed by atoms with E-state index in [1.54, 1.807) is 0 Å². The number of aryl methyl sites for hydroxylation is 1. The quantitative estimate of drug-likeness (QED) is 0.563. The van der Waals surface area contributed by atoms with Crippen LogP contribution in [-0.4, -0.2) is 44.4 Å². The molecule has 3 heterocycles. The second kappa shape index (κ2) is 8.40. The first-order valence-corrected chi connectivity index (χ1v) is 11.6. The summed E-state index contributed by atoms with van der Waals surface area (Å²) < 4.78 is 38.9. The number of piperidine rings is 1. The molecule has 10 heteroatoms. The molecular weight excluding hydrogens is 451 g/mol. The molecular formula is C23H22F3N5OS. The molecule has 2 aliphatic rings. The number of anilines is 1. The zero-order chi connectivity index (χ0) is 23.2. The van der Waals surface area contributed by atoms with Gasteiger partial charge in [0.05, 0.1) is 9.88 Å². The zero-order valence-electron chi connectivity index (χ0n) is 17.8. The van der Waals surface area contributed by atoms with E-state index in [2.05, 4.69) is 20.3 Å². The number of benzene rings is 1. The normalized spacial score (nSPS) is 22.1. The van der Waals surface area contributed by atoms with Gasteiger partial charge in [0.25, 0.3) is 5.91 Å². The summed E-state index contributed by atoms with van der Waals surface area (Å²) >= 11 is 1.49. The number of likely N-dealkylation sites (tertiary alicyclic amines) is 1. The van der Waals surface area contributed by atoms with Crippen LogP contribution in [0.15, 0.2) is 42.6 Å². The average Bonchev–Trinajstić information content (AvgIpc) is 3.49. The highest BCUT2D eigenvalue weighted by atomic mass is 32.1. The van der Waals surface area contributed by atoms with Gasteiger partial charge >= 0.3 is 6.18 Å². The van der Waals surface area contributed by atoms with Gasteiger partial charge in [0.1, 0.15) is 11.4 Å². The van der Waals surface area contributed by atoms with Gasteiger partial charge in [-0.25, -0.2) is 15.0 Å². The number of aromatic nitrogens is 3.